The topological polar surface area (TPSA) is 56.1 Å². The molecule has 20 heavy (non-hydrogen) atoms. The predicted molar refractivity (Wildman–Crippen MR) is 78.0 cm³/mol. The number of carbonyl (C=O) groups is 1. The van der Waals surface area contributed by atoms with Crippen LogP contribution in [-0.4, -0.2) is 12.5 Å². The molecule has 0 radical (unpaired) electrons. The summed E-state index contributed by atoms with van der Waals surface area (Å²) in [5.41, 5.74) is 4.09. The molecular weight excluding hydrogens is 250 g/mol. The van der Waals surface area contributed by atoms with Gasteiger partial charge in [0.25, 0.3) is 5.91 Å². The summed E-state index contributed by atoms with van der Waals surface area (Å²) in [5.74, 6) is -0.0311. The maximum absolute atomic E-state index is 12.2. The Labute approximate surface area is 117 Å². The first kappa shape index (κ1) is 12.2. The van der Waals surface area contributed by atoms with Crippen molar-refractivity contribution < 1.29 is 4.79 Å². The van der Waals surface area contributed by atoms with Crippen molar-refractivity contribution in [2.45, 2.75) is 6.92 Å². The van der Waals surface area contributed by atoms with Crippen LogP contribution in [0.1, 0.15) is 11.1 Å². The number of rotatable bonds is 1. The first-order valence-corrected chi connectivity index (χ1v) is 6.37. The van der Waals surface area contributed by atoms with Crippen molar-refractivity contribution >= 4 is 23.0 Å². The summed E-state index contributed by atoms with van der Waals surface area (Å²) in [6.45, 7) is 2.26. The molecule has 0 spiro atoms. The monoisotopic (exact) mass is 263 g/mol. The standard InChI is InChI=1S/C16H13N3O/c1-11-2-5-13(6-3-11)19-15-8-12(9-17)4-7-14(15)18-10-16(19)20/h2-8,18H,10H2,1H3. The van der Waals surface area contributed by atoms with E-state index in [1.54, 1.807) is 17.0 Å². The van der Waals surface area contributed by atoms with Crippen LogP contribution in [0.5, 0.6) is 0 Å². The molecule has 98 valence electrons. The van der Waals surface area contributed by atoms with E-state index >= 15 is 0 Å². The first-order chi connectivity index (χ1) is 9.69. The number of benzene rings is 2. The van der Waals surface area contributed by atoms with E-state index in [-0.39, 0.29) is 12.5 Å². The van der Waals surface area contributed by atoms with Crippen molar-refractivity contribution in [1.82, 2.24) is 0 Å². The smallest absolute Gasteiger partial charge is 0.250 e. The maximum Gasteiger partial charge on any atom is 0.250 e. The minimum Gasteiger partial charge on any atom is -0.374 e. The van der Waals surface area contributed by atoms with Crippen molar-refractivity contribution in [2.75, 3.05) is 16.8 Å². The second-order valence-electron chi connectivity index (χ2n) is 4.76. The Morgan fingerprint density at radius 3 is 2.65 bits per heavy atom. The van der Waals surface area contributed by atoms with Crippen molar-refractivity contribution in [3.8, 4) is 6.07 Å². The van der Waals surface area contributed by atoms with Gasteiger partial charge in [0.15, 0.2) is 0 Å². The number of nitrogens with zero attached hydrogens (tertiary/aromatic N) is 2. The lowest BCUT2D eigenvalue weighted by molar-refractivity contribution is -0.116. The number of aryl methyl sites for hydroxylation is 1. The van der Waals surface area contributed by atoms with E-state index in [2.05, 4.69) is 11.4 Å². The molecule has 1 aliphatic rings. The van der Waals surface area contributed by atoms with Gasteiger partial charge < -0.3 is 5.32 Å². The molecule has 2 aromatic rings. The summed E-state index contributed by atoms with van der Waals surface area (Å²) in [4.78, 5) is 13.9. The largest absolute Gasteiger partial charge is 0.374 e. The number of hydrogen-bond donors (Lipinski definition) is 1. The number of fused-ring (bicyclic) bond motifs is 1. The Bertz CT molecular complexity index is 713. The van der Waals surface area contributed by atoms with E-state index in [0.29, 0.717) is 5.56 Å². The van der Waals surface area contributed by atoms with Crippen LogP contribution in [-0.2, 0) is 4.79 Å². The van der Waals surface area contributed by atoms with Gasteiger partial charge in [-0.3, -0.25) is 9.69 Å². The van der Waals surface area contributed by atoms with Crippen LogP contribution in [0.4, 0.5) is 17.1 Å². The van der Waals surface area contributed by atoms with E-state index in [9.17, 15) is 4.79 Å². The molecule has 4 nitrogen and oxygen atoms in total. The van der Waals surface area contributed by atoms with Gasteiger partial charge in [-0.2, -0.15) is 5.26 Å². The lowest BCUT2D eigenvalue weighted by Gasteiger charge is -2.30. The van der Waals surface area contributed by atoms with Gasteiger partial charge in [0.2, 0.25) is 0 Å². The molecule has 1 heterocycles. The second-order valence-corrected chi connectivity index (χ2v) is 4.76. The molecule has 1 amide bonds. The summed E-state index contributed by atoms with van der Waals surface area (Å²) in [6.07, 6.45) is 0. The maximum atomic E-state index is 12.2. The third kappa shape index (κ3) is 1.99. The average Bonchev–Trinajstić information content (AvgIpc) is 2.48. The summed E-state index contributed by atoms with van der Waals surface area (Å²) in [6, 6.07) is 15.2. The molecule has 0 unspecified atom stereocenters. The molecule has 1 N–H and O–H groups in total. The van der Waals surface area contributed by atoms with Gasteiger partial charge in [0, 0.05) is 5.69 Å². The summed E-state index contributed by atoms with van der Waals surface area (Å²) >= 11 is 0. The minimum atomic E-state index is -0.0311. The Kier molecular flexibility index (Phi) is 2.88. The number of nitriles is 1. The van der Waals surface area contributed by atoms with E-state index in [4.69, 9.17) is 5.26 Å². The third-order valence-electron chi connectivity index (χ3n) is 3.34. The first-order valence-electron chi connectivity index (χ1n) is 6.37. The van der Waals surface area contributed by atoms with Crippen LogP contribution in [0.2, 0.25) is 0 Å². The van der Waals surface area contributed by atoms with Gasteiger partial charge in [0.05, 0.1) is 29.6 Å². The molecule has 2 aromatic carbocycles. The SMILES string of the molecule is Cc1ccc(N2C(=O)CNc3ccc(C#N)cc32)cc1. The molecule has 0 bridgehead atoms. The molecule has 0 aliphatic carbocycles. The second kappa shape index (κ2) is 4.71. The van der Waals surface area contributed by atoms with Crippen LogP contribution < -0.4 is 10.2 Å². The fourth-order valence-corrected chi connectivity index (χ4v) is 2.30. The number of carbonyl (C=O) groups excluding carboxylic acids is 1. The third-order valence-corrected chi connectivity index (χ3v) is 3.34. The fourth-order valence-electron chi connectivity index (χ4n) is 2.30. The number of amides is 1. The zero-order valence-corrected chi connectivity index (χ0v) is 11.1. The van der Waals surface area contributed by atoms with Crippen molar-refractivity contribution in [3.63, 3.8) is 0 Å². The molecule has 0 fully saturated rings. The molecule has 0 atom stereocenters. The van der Waals surface area contributed by atoms with E-state index in [1.165, 1.54) is 0 Å². The highest BCUT2D eigenvalue weighted by atomic mass is 16.2. The lowest BCUT2D eigenvalue weighted by atomic mass is 10.1. The summed E-state index contributed by atoms with van der Waals surface area (Å²) < 4.78 is 0. The van der Waals surface area contributed by atoms with Crippen LogP contribution in [0, 0.1) is 18.3 Å². The van der Waals surface area contributed by atoms with Gasteiger partial charge in [0.1, 0.15) is 0 Å². The normalized spacial score (nSPS) is 13.4. The predicted octanol–water partition coefficient (Wildman–Crippen LogP) is 2.96. The van der Waals surface area contributed by atoms with Crippen LogP contribution in [0.15, 0.2) is 42.5 Å². The Morgan fingerprint density at radius 2 is 1.95 bits per heavy atom. The zero-order valence-electron chi connectivity index (χ0n) is 11.1. The van der Waals surface area contributed by atoms with Crippen LogP contribution >= 0.6 is 0 Å². The Morgan fingerprint density at radius 1 is 1.20 bits per heavy atom. The van der Waals surface area contributed by atoms with Crippen molar-refractivity contribution in [1.29, 1.82) is 5.26 Å². The molecular formula is C16H13N3O. The minimum absolute atomic E-state index is 0.0311. The lowest BCUT2D eigenvalue weighted by Crippen LogP contribution is -2.36. The van der Waals surface area contributed by atoms with Crippen molar-refractivity contribution in [3.05, 3.63) is 53.6 Å². The van der Waals surface area contributed by atoms with Gasteiger partial charge in [-0.1, -0.05) is 17.7 Å². The molecule has 3 rings (SSSR count). The fraction of sp³-hybridized carbons (Fsp3) is 0.125. The highest BCUT2D eigenvalue weighted by Gasteiger charge is 2.25. The average molecular weight is 263 g/mol. The van der Waals surface area contributed by atoms with Gasteiger partial charge in [-0.25, -0.2) is 0 Å². The Hall–Kier alpha value is -2.80. The van der Waals surface area contributed by atoms with Crippen LogP contribution in [0.25, 0.3) is 0 Å². The van der Waals surface area contributed by atoms with Crippen molar-refractivity contribution in [2.24, 2.45) is 0 Å². The van der Waals surface area contributed by atoms with Gasteiger partial charge in [-0.05, 0) is 37.3 Å². The highest BCUT2D eigenvalue weighted by molar-refractivity contribution is 6.08. The molecule has 0 saturated carbocycles. The molecule has 0 saturated heterocycles. The molecule has 0 aromatic heterocycles. The quantitative estimate of drug-likeness (QED) is 0.860. The molecule has 4 heteroatoms. The summed E-state index contributed by atoms with van der Waals surface area (Å²) in [7, 11) is 0. The van der Waals surface area contributed by atoms with E-state index in [1.807, 2.05) is 37.3 Å². The summed E-state index contributed by atoms with van der Waals surface area (Å²) in [5, 5.41) is 12.1. The number of anilines is 3. The van der Waals surface area contributed by atoms with Crippen LogP contribution in [0.3, 0.4) is 0 Å². The van der Waals surface area contributed by atoms with Gasteiger partial charge >= 0.3 is 0 Å². The number of hydrogen-bond acceptors (Lipinski definition) is 3. The molecule has 1 aliphatic heterocycles. The Balaban J connectivity index is 2.14. The zero-order chi connectivity index (χ0) is 14.1. The number of nitrogens with one attached hydrogen (secondary N) is 1. The van der Waals surface area contributed by atoms with E-state index < -0.39 is 0 Å². The van der Waals surface area contributed by atoms with Gasteiger partial charge in [-0.15, -0.1) is 0 Å². The highest BCUT2D eigenvalue weighted by Crippen LogP contribution is 2.35. The van der Waals surface area contributed by atoms with E-state index in [0.717, 1.165) is 22.6 Å².